The van der Waals surface area contributed by atoms with Gasteiger partial charge in [-0.25, -0.2) is 4.79 Å². The molecule has 2 aromatic rings. The number of rotatable bonds is 3. The zero-order chi connectivity index (χ0) is 16.6. The molecule has 0 bridgehead atoms. The van der Waals surface area contributed by atoms with Crippen molar-refractivity contribution in [2.45, 2.75) is 51.8 Å². The lowest BCUT2D eigenvalue weighted by atomic mass is 10.1. The van der Waals surface area contributed by atoms with E-state index in [1.54, 1.807) is 0 Å². The summed E-state index contributed by atoms with van der Waals surface area (Å²) >= 11 is 3.50. The van der Waals surface area contributed by atoms with E-state index >= 15 is 0 Å². The van der Waals surface area contributed by atoms with E-state index in [2.05, 4.69) is 46.3 Å². The van der Waals surface area contributed by atoms with Crippen LogP contribution in [0.1, 0.15) is 39.2 Å². The second-order valence-electron chi connectivity index (χ2n) is 7.17. The number of amides is 1. The summed E-state index contributed by atoms with van der Waals surface area (Å²) in [5.41, 5.74) is 0.678. The van der Waals surface area contributed by atoms with Crippen LogP contribution < -0.4 is 0 Å². The van der Waals surface area contributed by atoms with Crippen LogP contribution in [0.15, 0.2) is 40.9 Å². The van der Waals surface area contributed by atoms with Gasteiger partial charge in [-0.1, -0.05) is 34.1 Å². The van der Waals surface area contributed by atoms with Crippen molar-refractivity contribution >= 4 is 32.8 Å². The molecular formula is C19H22BrNO2. The maximum atomic E-state index is 12.5. The predicted octanol–water partition coefficient (Wildman–Crippen LogP) is 5.50. The fourth-order valence-corrected chi connectivity index (χ4v) is 2.99. The smallest absolute Gasteiger partial charge is 0.410 e. The molecule has 0 unspecified atom stereocenters. The molecule has 3 rings (SSSR count). The molecule has 1 saturated carbocycles. The van der Waals surface area contributed by atoms with Gasteiger partial charge in [0.15, 0.2) is 0 Å². The molecule has 0 radical (unpaired) electrons. The number of benzene rings is 2. The average Bonchev–Trinajstić information content (AvgIpc) is 3.27. The fourth-order valence-electron chi connectivity index (χ4n) is 2.61. The molecular weight excluding hydrogens is 354 g/mol. The first-order chi connectivity index (χ1) is 10.8. The van der Waals surface area contributed by atoms with E-state index in [-0.39, 0.29) is 6.09 Å². The predicted molar refractivity (Wildman–Crippen MR) is 96.4 cm³/mol. The van der Waals surface area contributed by atoms with Crippen LogP contribution in [-0.4, -0.2) is 22.6 Å². The van der Waals surface area contributed by atoms with Crippen molar-refractivity contribution in [2.75, 3.05) is 0 Å². The summed E-state index contributed by atoms with van der Waals surface area (Å²) in [6.07, 6.45) is 1.93. The van der Waals surface area contributed by atoms with Gasteiger partial charge in [-0.05, 0) is 68.1 Å². The monoisotopic (exact) mass is 375 g/mol. The van der Waals surface area contributed by atoms with Gasteiger partial charge < -0.3 is 9.64 Å². The van der Waals surface area contributed by atoms with E-state index in [9.17, 15) is 4.79 Å². The number of carbonyl (C=O) groups is 1. The minimum atomic E-state index is -0.458. The van der Waals surface area contributed by atoms with Crippen LogP contribution in [0.2, 0.25) is 0 Å². The van der Waals surface area contributed by atoms with Gasteiger partial charge in [-0.15, -0.1) is 0 Å². The quantitative estimate of drug-likeness (QED) is 0.708. The highest BCUT2D eigenvalue weighted by atomic mass is 79.9. The fraction of sp³-hybridized carbons (Fsp3) is 0.421. The van der Waals surface area contributed by atoms with Crippen LogP contribution in [0.4, 0.5) is 4.79 Å². The largest absolute Gasteiger partial charge is 0.444 e. The Morgan fingerprint density at radius 1 is 1.17 bits per heavy atom. The highest BCUT2D eigenvalue weighted by Gasteiger charge is 2.35. The molecule has 0 aliphatic heterocycles. The molecule has 1 aliphatic rings. The van der Waals surface area contributed by atoms with E-state index in [0.29, 0.717) is 12.6 Å². The summed E-state index contributed by atoms with van der Waals surface area (Å²) in [4.78, 5) is 14.3. The van der Waals surface area contributed by atoms with E-state index < -0.39 is 5.60 Å². The SMILES string of the molecule is CC(C)(C)OC(=O)N(Cc1ccc2cc(Br)ccc2c1)C1CC1. The van der Waals surface area contributed by atoms with Crippen molar-refractivity contribution < 1.29 is 9.53 Å². The Balaban J connectivity index is 1.80. The molecule has 0 aromatic heterocycles. The molecule has 0 atom stereocenters. The average molecular weight is 376 g/mol. The van der Waals surface area contributed by atoms with Crippen LogP contribution in [0, 0.1) is 0 Å². The molecule has 0 saturated heterocycles. The maximum absolute atomic E-state index is 12.5. The van der Waals surface area contributed by atoms with Crippen LogP contribution in [0.3, 0.4) is 0 Å². The van der Waals surface area contributed by atoms with Gasteiger partial charge in [0.1, 0.15) is 5.60 Å². The summed E-state index contributed by atoms with van der Waals surface area (Å²) in [6, 6.07) is 12.9. The lowest BCUT2D eigenvalue weighted by Crippen LogP contribution is -2.37. The number of hydrogen-bond acceptors (Lipinski definition) is 2. The molecule has 3 nitrogen and oxygen atoms in total. The van der Waals surface area contributed by atoms with Crippen molar-refractivity contribution in [1.82, 2.24) is 4.90 Å². The number of fused-ring (bicyclic) bond motifs is 1. The first-order valence-electron chi connectivity index (χ1n) is 8.00. The standard InChI is InChI=1S/C19H22BrNO2/c1-19(2,3)23-18(22)21(17-8-9-17)12-13-4-5-15-11-16(20)7-6-14(15)10-13/h4-7,10-11,17H,8-9,12H2,1-3H3. The Morgan fingerprint density at radius 2 is 1.83 bits per heavy atom. The summed E-state index contributed by atoms with van der Waals surface area (Å²) in [5, 5.41) is 2.38. The zero-order valence-corrected chi connectivity index (χ0v) is 15.4. The number of hydrogen-bond donors (Lipinski definition) is 0. The van der Waals surface area contributed by atoms with Crippen LogP contribution in [0.25, 0.3) is 10.8 Å². The van der Waals surface area contributed by atoms with Crippen molar-refractivity contribution in [3.63, 3.8) is 0 Å². The Hall–Kier alpha value is -1.55. The molecule has 0 N–H and O–H groups in total. The van der Waals surface area contributed by atoms with E-state index in [4.69, 9.17) is 4.74 Å². The first-order valence-corrected chi connectivity index (χ1v) is 8.79. The third-order valence-corrected chi connectivity index (χ3v) is 4.33. The maximum Gasteiger partial charge on any atom is 0.410 e. The van der Waals surface area contributed by atoms with Gasteiger partial charge in [-0.3, -0.25) is 0 Å². The van der Waals surface area contributed by atoms with Crippen LogP contribution in [-0.2, 0) is 11.3 Å². The second kappa shape index (κ2) is 6.16. The Kier molecular flexibility index (Phi) is 4.37. The Morgan fingerprint density at radius 3 is 2.48 bits per heavy atom. The Bertz CT molecular complexity index is 732. The highest BCUT2D eigenvalue weighted by molar-refractivity contribution is 9.10. The minimum absolute atomic E-state index is 0.212. The molecule has 1 fully saturated rings. The molecule has 2 aromatic carbocycles. The summed E-state index contributed by atoms with van der Waals surface area (Å²) in [6.45, 7) is 6.32. The number of carbonyl (C=O) groups excluding carboxylic acids is 1. The molecule has 0 heterocycles. The van der Waals surface area contributed by atoms with Gasteiger partial charge in [-0.2, -0.15) is 0 Å². The molecule has 23 heavy (non-hydrogen) atoms. The van der Waals surface area contributed by atoms with Crippen molar-refractivity contribution in [3.05, 3.63) is 46.4 Å². The van der Waals surface area contributed by atoms with E-state index in [1.165, 1.54) is 10.8 Å². The normalized spacial score (nSPS) is 14.8. The van der Waals surface area contributed by atoms with Crippen molar-refractivity contribution in [1.29, 1.82) is 0 Å². The number of ether oxygens (including phenoxy) is 1. The third kappa shape index (κ3) is 4.25. The lowest BCUT2D eigenvalue weighted by Gasteiger charge is -2.27. The molecule has 1 amide bonds. The summed E-state index contributed by atoms with van der Waals surface area (Å²) in [7, 11) is 0. The molecule has 0 spiro atoms. The molecule has 4 heteroatoms. The third-order valence-electron chi connectivity index (χ3n) is 3.84. The van der Waals surface area contributed by atoms with Gasteiger partial charge in [0, 0.05) is 17.1 Å². The van der Waals surface area contributed by atoms with Crippen molar-refractivity contribution in [3.8, 4) is 0 Å². The lowest BCUT2D eigenvalue weighted by molar-refractivity contribution is 0.0217. The van der Waals surface area contributed by atoms with Gasteiger partial charge in [0.2, 0.25) is 0 Å². The minimum Gasteiger partial charge on any atom is -0.444 e. The topological polar surface area (TPSA) is 29.5 Å². The Labute approximate surface area is 145 Å². The van der Waals surface area contributed by atoms with Crippen LogP contribution >= 0.6 is 15.9 Å². The van der Waals surface area contributed by atoms with Gasteiger partial charge in [0.25, 0.3) is 0 Å². The zero-order valence-electron chi connectivity index (χ0n) is 13.8. The molecule has 1 aliphatic carbocycles. The summed E-state index contributed by atoms with van der Waals surface area (Å²) < 4.78 is 6.63. The number of nitrogens with zero attached hydrogens (tertiary/aromatic N) is 1. The van der Waals surface area contributed by atoms with Gasteiger partial charge >= 0.3 is 6.09 Å². The van der Waals surface area contributed by atoms with E-state index in [0.717, 1.165) is 22.9 Å². The highest BCUT2D eigenvalue weighted by Crippen LogP contribution is 2.30. The summed E-state index contributed by atoms with van der Waals surface area (Å²) in [5.74, 6) is 0. The van der Waals surface area contributed by atoms with Crippen LogP contribution in [0.5, 0.6) is 0 Å². The van der Waals surface area contributed by atoms with E-state index in [1.807, 2.05) is 31.7 Å². The van der Waals surface area contributed by atoms with Gasteiger partial charge in [0.05, 0.1) is 0 Å². The molecule has 122 valence electrons. The second-order valence-corrected chi connectivity index (χ2v) is 8.08. The first kappa shape index (κ1) is 16.3. The number of halogens is 1. The van der Waals surface area contributed by atoms with Crippen molar-refractivity contribution in [2.24, 2.45) is 0 Å².